The van der Waals surface area contributed by atoms with E-state index in [2.05, 4.69) is 15.3 Å². The molecule has 0 bridgehead atoms. The van der Waals surface area contributed by atoms with Crippen molar-refractivity contribution in [2.75, 3.05) is 99.6 Å². The number of nitrogens with zero attached hydrogens (tertiary/aromatic N) is 6. The highest BCUT2D eigenvalue weighted by atomic mass is 32.2. The monoisotopic (exact) mass is 729 g/mol. The molecule has 11 nitrogen and oxygen atoms in total. The highest BCUT2D eigenvalue weighted by Gasteiger charge is 2.34. The van der Waals surface area contributed by atoms with E-state index < -0.39 is 33.6 Å². The maximum atomic E-state index is 13.5. The molecule has 50 heavy (non-hydrogen) atoms. The second-order valence-corrected chi connectivity index (χ2v) is 13.9. The number of sulfone groups is 1. The number of pyridine rings is 2. The largest absolute Gasteiger partial charge is 0.433 e. The van der Waals surface area contributed by atoms with E-state index in [0.29, 0.717) is 69.4 Å². The van der Waals surface area contributed by atoms with Crippen LogP contribution in [0.25, 0.3) is 0 Å². The van der Waals surface area contributed by atoms with Gasteiger partial charge in [-0.1, -0.05) is 0 Å². The van der Waals surface area contributed by atoms with Crippen molar-refractivity contribution in [2.24, 2.45) is 0 Å². The first kappa shape index (κ1) is 37.1. The molecule has 0 aliphatic carbocycles. The summed E-state index contributed by atoms with van der Waals surface area (Å²) in [7, 11) is -3.51. The Morgan fingerprint density at radius 2 is 1.24 bits per heavy atom. The van der Waals surface area contributed by atoms with Crippen molar-refractivity contribution in [3.8, 4) is 0 Å². The summed E-state index contributed by atoms with van der Waals surface area (Å²) in [5.74, 6) is -0.280. The Kier molecular flexibility index (Phi) is 11.4. The van der Waals surface area contributed by atoms with Gasteiger partial charge in [-0.05, 0) is 42.5 Å². The predicted octanol–water partition coefficient (Wildman–Crippen LogP) is 3.81. The number of benzene rings is 1. The van der Waals surface area contributed by atoms with Crippen molar-refractivity contribution >= 4 is 32.8 Å². The number of piperazine rings is 2. The molecular formula is C32H37F6N7O4S. The van der Waals surface area contributed by atoms with Gasteiger partial charge in [-0.3, -0.25) is 4.79 Å². The maximum Gasteiger partial charge on any atom is 0.433 e. The summed E-state index contributed by atoms with van der Waals surface area (Å²) in [6.45, 7) is 7.01. The van der Waals surface area contributed by atoms with Gasteiger partial charge in [-0.25, -0.2) is 18.4 Å². The topological polar surface area (TPSA) is 111 Å². The summed E-state index contributed by atoms with van der Waals surface area (Å²) < 4.78 is 105. The molecule has 1 amide bonds. The first-order chi connectivity index (χ1) is 23.6. The molecule has 3 saturated heterocycles. The van der Waals surface area contributed by atoms with E-state index in [1.807, 2.05) is 14.7 Å². The van der Waals surface area contributed by atoms with Crippen LogP contribution < -0.4 is 20.0 Å². The minimum absolute atomic E-state index is 0.0716. The second kappa shape index (κ2) is 15.4. The normalized spacial score (nSPS) is 17.7. The van der Waals surface area contributed by atoms with Gasteiger partial charge < -0.3 is 29.7 Å². The van der Waals surface area contributed by atoms with Crippen LogP contribution in [0, 0.1) is 0 Å². The van der Waals surface area contributed by atoms with E-state index in [0.717, 1.165) is 50.3 Å². The van der Waals surface area contributed by atoms with E-state index in [1.54, 1.807) is 11.0 Å². The molecule has 0 atom stereocenters. The number of hydrogen-bond donors (Lipinski definition) is 1. The van der Waals surface area contributed by atoms with E-state index in [4.69, 9.17) is 4.74 Å². The molecule has 0 saturated carbocycles. The molecule has 1 aromatic carbocycles. The van der Waals surface area contributed by atoms with E-state index in [1.165, 1.54) is 36.7 Å². The molecule has 3 aliphatic rings. The molecule has 1 N–H and O–H groups in total. The summed E-state index contributed by atoms with van der Waals surface area (Å²) in [6, 6.07) is 9.41. The third kappa shape index (κ3) is 9.33. The number of rotatable bonds is 5. The zero-order valence-electron chi connectivity index (χ0n) is 27.2. The zero-order chi connectivity index (χ0) is 36.1. The molecule has 3 aromatic rings. The molecule has 18 heteroatoms. The minimum Gasteiger partial charge on any atom is -0.378 e. The lowest BCUT2D eigenvalue weighted by atomic mass is 10.1. The first-order valence-electron chi connectivity index (χ1n) is 15.8. The molecule has 3 fully saturated rings. The van der Waals surface area contributed by atoms with Gasteiger partial charge >= 0.3 is 12.4 Å². The third-order valence-corrected chi connectivity index (χ3v) is 9.58. The molecule has 0 spiro atoms. The van der Waals surface area contributed by atoms with Crippen LogP contribution in [0.15, 0.2) is 59.8 Å². The summed E-state index contributed by atoms with van der Waals surface area (Å²) in [4.78, 5) is 28.0. The minimum atomic E-state index is -4.50. The number of nitrogens with one attached hydrogen (secondary N) is 1. The fraction of sp³-hybridized carbons (Fsp3) is 0.469. The molecule has 5 heterocycles. The van der Waals surface area contributed by atoms with E-state index in [9.17, 15) is 39.6 Å². The fourth-order valence-electron chi connectivity index (χ4n) is 5.74. The van der Waals surface area contributed by atoms with Crippen LogP contribution in [-0.2, 0) is 26.9 Å². The van der Waals surface area contributed by atoms with Crippen molar-refractivity contribution in [1.82, 2.24) is 20.2 Å². The smallest absolute Gasteiger partial charge is 0.378 e. The van der Waals surface area contributed by atoms with Gasteiger partial charge in [0, 0.05) is 77.4 Å². The number of anilines is 3. The van der Waals surface area contributed by atoms with Gasteiger partial charge in [0.1, 0.15) is 11.4 Å². The van der Waals surface area contributed by atoms with Crippen LogP contribution in [0.5, 0.6) is 0 Å². The van der Waals surface area contributed by atoms with Crippen LogP contribution in [0.3, 0.4) is 0 Å². The number of hydrogen-bond acceptors (Lipinski definition) is 10. The first-order valence-corrected chi connectivity index (χ1v) is 17.7. The average molecular weight is 730 g/mol. The summed E-state index contributed by atoms with van der Waals surface area (Å²) in [6.07, 6.45) is -5.28. The molecule has 2 aromatic heterocycles. The zero-order valence-corrected chi connectivity index (χ0v) is 28.0. The lowest BCUT2D eigenvalue weighted by molar-refractivity contribution is -0.141. The van der Waals surface area contributed by atoms with Crippen molar-refractivity contribution in [3.05, 3.63) is 71.8 Å². The summed E-state index contributed by atoms with van der Waals surface area (Å²) >= 11 is 0. The standard InChI is InChI=1S/C22H25F3N4O4S.C10H12F3N3/c1-34(31,32)17-3-4-19(28-10-12-33-13-11-28)18(14-17)21(30)29-8-6-27(7-9-29)16-2-5-20(26-15-16)22(23,24)25;11-10(12,13)9-2-1-8(7-15-9)16-5-3-14-4-6-16/h2-5,14-15H,6-13H2,1H3;1-2,7,14H,3-6H2. The van der Waals surface area contributed by atoms with Crippen LogP contribution >= 0.6 is 0 Å². The number of halogens is 6. The van der Waals surface area contributed by atoms with Crippen molar-refractivity contribution in [1.29, 1.82) is 0 Å². The molecule has 272 valence electrons. The average Bonchev–Trinajstić information content (AvgIpc) is 3.11. The molecule has 0 radical (unpaired) electrons. The van der Waals surface area contributed by atoms with Gasteiger partial charge in [-0.15, -0.1) is 0 Å². The van der Waals surface area contributed by atoms with Gasteiger partial charge in [0.25, 0.3) is 5.91 Å². The number of ether oxygens (including phenoxy) is 1. The number of carbonyl (C=O) groups is 1. The Balaban J connectivity index is 0.000000253. The highest BCUT2D eigenvalue weighted by Crippen LogP contribution is 2.31. The Bertz CT molecular complexity index is 1700. The number of carbonyl (C=O) groups excluding carboxylic acids is 1. The molecular weight excluding hydrogens is 692 g/mol. The number of amides is 1. The van der Waals surface area contributed by atoms with Crippen molar-refractivity contribution < 1.29 is 44.3 Å². The Labute approximate surface area is 285 Å². The van der Waals surface area contributed by atoms with E-state index >= 15 is 0 Å². The van der Waals surface area contributed by atoms with Crippen LogP contribution in [0.4, 0.5) is 43.4 Å². The lowest BCUT2D eigenvalue weighted by Crippen LogP contribution is -2.49. The number of aromatic nitrogens is 2. The van der Waals surface area contributed by atoms with Crippen LogP contribution in [-0.4, -0.2) is 114 Å². The predicted molar refractivity (Wildman–Crippen MR) is 174 cm³/mol. The highest BCUT2D eigenvalue weighted by molar-refractivity contribution is 7.90. The van der Waals surface area contributed by atoms with E-state index in [-0.39, 0.29) is 10.8 Å². The van der Waals surface area contributed by atoms with Gasteiger partial charge in [0.2, 0.25) is 0 Å². The van der Waals surface area contributed by atoms with Gasteiger partial charge in [-0.2, -0.15) is 26.3 Å². The second-order valence-electron chi connectivity index (χ2n) is 11.9. The number of morpholine rings is 1. The van der Waals surface area contributed by atoms with Crippen molar-refractivity contribution in [2.45, 2.75) is 17.2 Å². The molecule has 6 rings (SSSR count). The Morgan fingerprint density at radius 3 is 1.70 bits per heavy atom. The lowest BCUT2D eigenvalue weighted by Gasteiger charge is -2.37. The fourth-order valence-corrected chi connectivity index (χ4v) is 6.39. The third-order valence-electron chi connectivity index (χ3n) is 8.47. The SMILES string of the molecule is CS(=O)(=O)c1ccc(N2CCOCC2)c(C(=O)N2CCN(c3ccc(C(F)(F)F)nc3)CC2)c1.FC(F)(F)c1ccc(N2CCNCC2)cn1. The van der Waals surface area contributed by atoms with Crippen LogP contribution in [0.1, 0.15) is 21.7 Å². The summed E-state index contributed by atoms with van der Waals surface area (Å²) in [5.41, 5.74) is 0.477. The Hall–Kier alpha value is -4.16. The van der Waals surface area contributed by atoms with Gasteiger partial charge in [0.05, 0.1) is 47.4 Å². The van der Waals surface area contributed by atoms with Crippen LogP contribution in [0.2, 0.25) is 0 Å². The summed E-state index contributed by atoms with van der Waals surface area (Å²) in [5, 5.41) is 3.18. The maximum absolute atomic E-state index is 13.5. The van der Waals surface area contributed by atoms with Gasteiger partial charge in [0.15, 0.2) is 9.84 Å². The quantitative estimate of drug-likeness (QED) is 0.390. The molecule has 3 aliphatic heterocycles. The Morgan fingerprint density at radius 1 is 0.720 bits per heavy atom. The number of alkyl halides is 6. The van der Waals surface area contributed by atoms with Crippen molar-refractivity contribution in [3.63, 3.8) is 0 Å². The molecule has 0 unspecified atom stereocenters.